The van der Waals surface area contributed by atoms with E-state index in [2.05, 4.69) is 37.7 Å². The highest BCUT2D eigenvalue weighted by molar-refractivity contribution is 6.30. The van der Waals surface area contributed by atoms with Crippen molar-refractivity contribution in [2.75, 3.05) is 25.0 Å². The van der Waals surface area contributed by atoms with Gasteiger partial charge in [-0.3, -0.25) is 9.47 Å². The molecule has 0 amide bonds. The summed E-state index contributed by atoms with van der Waals surface area (Å²) in [6.07, 6.45) is 1.99. The number of aromatic nitrogens is 3. The first-order valence-electron chi connectivity index (χ1n) is 10.0. The molecule has 0 atom stereocenters. The van der Waals surface area contributed by atoms with Crippen LogP contribution in [0.15, 0.2) is 42.5 Å². The van der Waals surface area contributed by atoms with Gasteiger partial charge in [-0.2, -0.15) is 0 Å². The van der Waals surface area contributed by atoms with Crippen molar-refractivity contribution in [1.82, 2.24) is 19.7 Å². The van der Waals surface area contributed by atoms with Crippen molar-refractivity contribution in [1.29, 1.82) is 0 Å². The van der Waals surface area contributed by atoms with Crippen LogP contribution in [0.2, 0.25) is 5.02 Å². The number of rotatable bonds is 2. The quantitative estimate of drug-likeness (QED) is 0.626. The maximum absolute atomic E-state index is 13.2. The fraction of sp³-hybridized carbons (Fsp3) is 0.364. The Balaban J connectivity index is 1.43. The molecular weight excluding hydrogens is 389 g/mol. The first-order valence-corrected chi connectivity index (χ1v) is 10.4. The van der Waals surface area contributed by atoms with Crippen LogP contribution in [0.1, 0.15) is 36.0 Å². The van der Waals surface area contributed by atoms with Crippen LogP contribution in [0, 0.1) is 5.82 Å². The first kappa shape index (κ1) is 18.6. The monoisotopic (exact) mass is 411 g/mol. The Morgan fingerprint density at radius 2 is 1.76 bits per heavy atom. The predicted molar refractivity (Wildman–Crippen MR) is 112 cm³/mol. The molecule has 5 rings (SSSR count). The van der Waals surface area contributed by atoms with Crippen LogP contribution < -0.4 is 4.90 Å². The fourth-order valence-electron chi connectivity index (χ4n) is 4.49. The summed E-state index contributed by atoms with van der Waals surface area (Å²) in [7, 11) is 2.09. The molecule has 0 bridgehead atoms. The molecule has 3 aromatic rings. The predicted octanol–water partition coefficient (Wildman–Crippen LogP) is 4.39. The van der Waals surface area contributed by atoms with Crippen LogP contribution in [-0.4, -0.2) is 39.8 Å². The number of benzene rings is 2. The summed E-state index contributed by atoms with van der Waals surface area (Å²) in [4.78, 5) is 4.56. The second kappa shape index (κ2) is 7.43. The standard InChI is InChI=1S/C22H23ClFN5/c1-27-13-16-12-17(23)2-7-20(16)29-21(14-27)25-26-22(29)15-8-10-28(11-9-15)19-5-3-18(24)4-6-19/h2-7,12,15H,8-11,13-14H2,1H3. The summed E-state index contributed by atoms with van der Waals surface area (Å²) in [6, 6.07) is 12.8. The molecule has 2 aliphatic heterocycles. The van der Waals surface area contributed by atoms with E-state index in [0.29, 0.717) is 5.92 Å². The van der Waals surface area contributed by atoms with Crippen molar-refractivity contribution in [3.8, 4) is 5.69 Å². The highest BCUT2D eigenvalue weighted by atomic mass is 35.5. The molecule has 2 aromatic carbocycles. The molecule has 7 heteroatoms. The SMILES string of the molecule is CN1Cc2cc(Cl)ccc2-n2c(nnc2C2CCN(c3ccc(F)cc3)CC2)C1. The molecule has 0 aliphatic carbocycles. The van der Waals surface area contributed by atoms with Gasteiger partial charge in [0.1, 0.15) is 11.6 Å². The molecule has 0 spiro atoms. The van der Waals surface area contributed by atoms with Crippen LogP contribution in [0.3, 0.4) is 0 Å². The Morgan fingerprint density at radius 3 is 2.52 bits per heavy atom. The molecule has 1 saturated heterocycles. The number of anilines is 1. The second-order valence-corrected chi connectivity index (χ2v) is 8.43. The molecular formula is C22H23ClFN5. The number of halogens is 2. The molecule has 0 unspecified atom stereocenters. The average Bonchev–Trinajstić information content (AvgIpc) is 3.06. The minimum absolute atomic E-state index is 0.196. The third kappa shape index (κ3) is 3.51. The smallest absolute Gasteiger partial charge is 0.151 e. The van der Waals surface area contributed by atoms with Gasteiger partial charge in [0.25, 0.3) is 0 Å². The van der Waals surface area contributed by atoms with E-state index in [1.54, 1.807) is 0 Å². The Labute approximate surface area is 174 Å². The van der Waals surface area contributed by atoms with E-state index < -0.39 is 0 Å². The van der Waals surface area contributed by atoms with Gasteiger partial charge >= 0.3 is 0 Å². The Hall–Kier alpha value is -2.44. The molecule has 3 heterocycles. The first-order chi connectivity index (χ1) is 14.1. The minimum atomic E-state index is -0.196. The topological polar surface area (TPSA) is 37.2 Å². The molecule has 0 N–H and O–H groups in total. The number of nitrogens with zero attached hydrogens (tertiary/aromatic N) is 5. The summed E-state index contributed by atoms with van der Waals surface area (Å²) < 4.78 is 15.5. The summed E-state index contributed by atoms with van der Waals surface area (Å²) in [5.74, 6) is 2.17. The lowest BCUT2D eigenvalue weighted by Crippen LogP contribution is -2.33. The zero-order chi connectivity index (χ0) is 20.0. The number of hydrogen-bond donors (Lipinski definition) is 0. The van der Waals surface area contributed by atoms with Crippen molar-refractivity contribution in [2.45, 2.75) is 31.8 Å². The van der Waals surface area contributed by atoms with Crippen LogP contribution >= 0.6 is 11.6 Å². The van der Waals surface area contributed by atoms with Crippen LogP contribution in [0.4, 0.5) is 10.1 Å². The Kier molecular flexibility index (Phi) is 4.76. The van der Waals surface area contributed by atoms with Gasteiger partial charge in [-0.15, -0.1) is 10.2 Å². The lowest BCUT2D eigenvalue weighted by molar-refractivity contribution is 0.315. The summed E-state index contributed by atoms with van der Waals surface area (Å²) in [5, 5.41) is 9.90. The van der Waals surface area contributed by atoms with Crippen LogP contribution in [-0.2, 0) is 13.1 Å². The average molecular weight is 412 g/mol. The highest BCUT2D eigenvalue weighted by Gasteiger charge is 2.29. The molecule has 0 saturated carbocycles. The van der Waals surface area contributed by atoms with Gasteiger partial charge in [-0.05, 0) is 67.9 Å². The molecule has 5 nitrogen and oxygen atoms in total. The third-order valence-electron chi connectivity index (χ3n) is 5.94. The van der Waals surface area contributed by atoms with E-state index in [4.69, 9.17) is 11.6 Å². The largest absolute Gasteiger partial charge is 0.371 e. The number of hydrogen-bond acceptors (Lipinski definition) is 4. The van der Waals surface area contributed by atoms with Crippen molar-refractivity contribution in [2.24, 2.45) is 0 Å². The van der Waals surface area contributed by atoms with Crippen molar-refractivity contribution < 1.29 is 4.39 Å². The van der Waals surface area contributed by atoms with Gasteiger partial charge < -0.3 is 4.90 Å². The van der Waals surface area contributed by atoms with E-state index >= 15 is 0 Å². The normalized spacial score (nSPS) is 17.7. The maximum Gasteiger partial charge on any atom is 0.151 e. The van der Waals surface area contributed by atoms with Gasteiger partial charge in [0, 0.05) is 36.3 Å². The van der Waals surface area contributed by atoms with Gasteiger partial charge in [-0.25, -0.2) is 4.39 Å². The summed E-state index contributed by atoms with van der Waals surface area (Å²) in [6.45, 7) is 3.44. The molecule has 1 aromatic heterocycles. The van der Waals surface area contributed by atoms with E-state index in [0.717, 1.165) is 67.1 Å². The summed E-state index contributed by atoms with van der Waals surface area (Å²) in [5.41, 5.74) is 3.41. The fourth-order valence-corrected chi connectivity index (χ4v) is 4.69. The third-order valence-corrected chi connectivity index (χ3v) is 6.18. The van der Waals surface area contributed by atoms with Gasteiger partial charge in [-0.1, -0.05) is 11.6 Å². The van der Waals surface area contributed by atoms with Gasteiger partial charge in [0.05, 0.1) is 12.2 Å². The summed E-state index contributed by atoms with van der Waals surface area (Å²) >= 11 is 6.26. The second-order valence-electron chi connectivity index (χ2n) is 7.99. The van der Waals surface area contributed by atoms with Crippen molar-refractivity contribution >= 4 is 17.3 Å². The lowest BCUT2D eigenvalue weighted by Gasteiger charge is -2.33. The van der Waals surface area contributed by atoms with Gasteiger partial charge in [0.15, 0.2) is 5.82 Å². The van der Waals surface area contributed by atoms with Crippen molar-refractivity contribution in [3.63, 3.8) is 0 Å². The molecule has 1 fully saturated rings. The zero-order valence-electron chi connectivity index (χ0n) is 16.4. The van der Waals surface area contributed by atoms with Crippen LogP contribution in [0.5, 0.6) is 0 Å². The van der Waals surface area contributed by atoms with E-state index in [-0.39, 0.29) is 5.82 Å². The zero-order valence-corrected chi connectivity index (χ0v) is 17.1. The van der Waals surface area contributed by atoms with E-state index in [1.807, 2.05) is 24.3 Å². The molecule has 29 heavy (non-hydrogen) atoms. The van der Waals surface area contributed by atoms with E-state index in [1.165, 1.54) is 17.7 Å². The molecule has 2 aliphatic rings. The molecule has 150 valence electrons. The van der Waals surface area contributed by atoms with Crippen molar-refractivity contribution in [3.05, 3.63) is 70.5 Å². The van der Waals surface area contributed by atoms with Crippen LogP contribution in [0.25, 0.3) is 5.69 Å². The maximum atomic E-state index is 13.2. The molecule has 0 radical (unpaired) electrons. The number of piperidine rings is 1. The minimum Gasteiger partial charge on any atom is -0.371 e. The highest BCUT2D eigenvalue weighted by Crippen LogP contribution is 2.34. The van der Waals surface area contributed by atoms with E-state index in [9.17, 15) is 4.39 Å². The Morgan fingerprint density at radius 1 is 1.00 bits per heavy atom. The lowest BCUT2D eigenvalue weighted by atomic mass is 9.95. The Bertz CT molecular complexity index is 1020. The number of fused-ring (bicyclic) bond motifs is 3. The van der Waals surface area contributed by atoms with Gasteiger partial charge in [0.2, 0.25) is 0 Å².